The molecular weight excluding hydrogens is 340 g/mol. The smallest absolute Gasteiger partial charge is 0.256 e. The van der Waals surface area contributed by atoms with Crippen molar-refractivity contribution < 1.29 is 13.6 Å². The number of benzene rings is 1. The summed E-state index contributed by atoms with van der Waals surface area (Å²) in [7, 11) is 1.68. The number of halogens is 2. The number of imidazole rings is 1. The maximum Gasteiger partial charge on any atom is 0.256 e. The van der Waals surface area contributed by atoms with Crippen LogP contribution in [0.15, 0.2) is 12.1 Å². The summed E-state index contributed by atoms with van der Waals surface area (Å²) < 4.78 is 27.9. The minimum Gasteiger partial charge on any atom is -0.337 e. The third-order valence-electron chi connectivity index (χ3n) is 5.16. The summed E-state index contributed by atoms with van der Waals surface area (Å²) >= 11 is 0. The number of aromatic nitrogens is 4. The van der Waals surface area contributed by atoms with Gasteiger partial charge in [0.2, 0.25) is 6.41 Å². The van der Waals surface area contributed by atoms with Crippen LogP contribution in [-0.4, -0.2) is 39.5 Å². The van der Waals surface area contributed by atoms with Crippen molar-refractivity contribution in [2.24, 2.45) is 5.92 Å². The van der Waals surface area contributed by atoms with Gasteiger partial charge in [0.25, 0.3) is 5.92 Å². The molecule has 6 nitrogen and oxygen atoms in total. The number of hydrogen-bond acceptors (Lipinski definition) is 3. The van der Waals surface area contributed by atoms with Gasteiger partial charge in [0.15, 0.2) is 5.82 Å². The molecule has 26 heavy (non-hydrogen) atoms. The van der Waals surface area contributed by atoms with Crippen molar-refractivity contribution in [2.45, 2.75) is 32.6 Å². The number of fused-ring (bicyclic) bond motifs is 2. The highest BCUT2D eigenvalue weighted by Crippen LogP contribution is 2.40. The highest BCUT2D eigenvalue weighted by atomic mass is 19.3. The summed E-state index contributed by atoms with van der Waals surface area (Å²) in [6.07, 6.45) is 0.668. The number of H-pyrrole nitrogens is 2. The summed E-state index contributed by atoms with van der Waals surface area (Å²) in [5, 5.41) is 6.99. The predicted molar refractivity (Wildman–Crippen MR) is 94.4 cm³/mol. The Bertz CT molecular complexity index is 1010. The van der Waals surface area contributed by atoms with Crippen LogP contribution < -0.4 is 4.90 Å². The van der Waals surface area contributed by atoms with Gasteiger partial charge in [0.05, 0.1) is 17.5 Å². The van der Waals surface area contributed by atoms with Gasteiger partial charge in [-0.05, 0) is 31.0 Å². The lowest BCUT2D eigenvalue weighted by molar-refractivity contribution is -0.107. The van der Waals surface area contributed by atoms with Crippen molar-refractivity contribution in [2.75, 3.05) is 11.9 Å². The lowest BCUT2D eigenvalue weighted by Crippen LogP contribution is -2.34. The summed E-state index contributed by atoms with van der Waals surface area (Å²) in [5.74, 6) is -2.93. The summed E-state index contributed by atoms with van der Waals surface area (Å²) in [5.41, 5.74) is 5.06. The molecular formula is C18H19F2N5O. The molecule has 2 heterocycles. The number of carbonyl (C=O) groups excluding carboxylic acids is 1. The number of nitrogens with one attached hydrogen (secondary N) is 2. The van der Waals surface area contributed by atoms with Gasteiger partial charge in [-0.1, -0.05) is 6.92 Å². The molecule has 1 aliphatic rings. The van der Waals surface area contributed by atoms with Crippen molar-refractivity contribution in [3.05, 3.63) is 29.0 Å². The highest BCUT2D eigenvalue weighted by Gasteiger charge is 2.43. The first-order valence-corrected chi connectivity index (χ1v) is 8.43. The number of amides is 1. The lowest BCUT2D eigenvalue weighted by Gasteiger charge is -2.28. The molecule has 4 rings (SSSR count). The molecule has 0 aliphatic heterocycles. The van der Waals surface area contributed by atoms with E-state index < -0.39 is 11.8 Å². The fourth-order valence-electron chi connectivity index (χ4n) is 3.53. The van der Waals surface area contributed by atoms with Gasteiger partial charge < -0.3 is 9.88 Å². The first kappa shape index (κ1) is 16.7. The maximum absolute atomic E-state index is 13.9. The number of anilines is 1. The zero-order valence-corrected chi connectivity index (χ0v) is 14.7. The van der Waals surface area contributed by atoms with Gasteiger partial charge >= 0.3 is 0 Å². The highest BCUT2D eigenvalue weighted by molar-refractivity contribution is 5.88. The Hall–Kier alpha value is -2.77. The molecule has 1 unspecified atom stereocenters. The Morgan fingerprint density at radius 2 is 2.15 bits per heavy atom. The van der Waals surface area contributed by atoms with Crippen LogP contribution in [0.25, 0.3) is 22.6 Å². The van der Waals surface area contributed by atoms with Crippen LogP contribution in [0.5, 0.6) is 0 Å². The Labute approximate surface area is 148 Å². The molecule has 3 aromatic rings. The van der Waals surface area contributed by atoms with Gasteiger partial charge in [0.1, 0.15) is 5.69 Å². The van der Waals surface area contributed by atoms with Crippen LogP contribution in [-0.2, 0) is 17.6 Å². The van der Waals surface area contributed by atoms with Crippen molar-refractivity contribution in [3.63, 3.8) is 0 Å². The molecule has 1 aliphatic carbocycles. The fourth-order valence-corrected chi connectivity index (χ4v) is 3.53. The quantitative estimate of drug-likeness (QED) is 0.705. The largest absolute Gasteiger partial charge is 0.337 e. The van der Waals surface area contributed by atoms with Crippen LogP contribution >= 0.6 is 0 Å². The van der Waals surface area contributed by atoms with Gasteiger partial charge in [-0.25, -0.2) is 13.8 Å². The van der Waals surface area contributed by atoms with Crippen molar-refractivity contribution in [1.29, 1.82) is 0 Å². The SMILES string of the molecule is Cc1cc2[nH]c(-c3n[nH]c4c3CC(C)C(F)(F)C4)nc2cc1N(C)C=O. The number of aryl methyl sites for hydroxylation is 1. The van der Waals surface area contributed by atoms with Crippen LogP contribution in [0, 0.1) is 12.8 Å². The molecule has 136 valence electrons. The Morgan fingerprint density at radius 1 is 1.38 bits per heavy atom. The Balaban J connectivity index is 1.79. The van der Waals surface area contributed by atoms with E-state index in [1.807, 2.05) is 19.1 Å². The van der Waals surface area contributed by atoms with E-state index in [0.717, 1.165) is 28.7 Å². The molecule has 1 amide bonds. The number of aromatic amines is 2. The zero-order valence-electron chi connectivity index (χ0n) is 14.7. The Morgan fingerprint density at radius 3 is 2.88 bits per heavy atom. The van der Waals surface area contributed by atoms with E-state index in [9.17, 15) is 13.6 Å². The molecule has 0 saturated carbocycles. The van der Waals surface area contributed by atoms with Crippen LogP contribution in [0.1, 0.15) is 23.7 Å². The average Bonchev–Trinajstić information content (AvgIpc) is 3.16. The molecule has 0 bridgehead atoms. The van der Waals surface area contributed by atoms with E-state index >= 15 is 0 Å². The predicted octanol–water partition coefficient (Wildman–Crippen LogP) is 3.22. The maximum atomic E-state index is 13.9. The number of alkyl halides is 2. The number of carbonyl (C=O) groups is 1. The monoisotopic (exact) mass is 359 g/mol. The zero-order chi connectivity index (χ0) is 18.6. The lowest BCUT2D eigenvalue weighted by atomic mass is 9.84. The van der Waals surface area contributed by atoms with Gasteiger partial charge in [-0.2, -0.15) is 5.10 Å². The molecule has 2 N–H and O–H groups in total. The van der Waals surface area contributed by atoms with Crippen molar-refractivity contribution >= 4 is 23.1 Å². The topological polar surface area (TPSA) is 77.7 Å². The summed E-state index contributed by atoms with van der Waals surface area (Å²) in [4.78, 5) is 20.3. The second kappa shape index (κ2) is 5.62. The minimum absolute atomic E-state index is 0.253. The number of rotatable bonds is 3. The van der Waals surface area contributed by atoms with E-state index in [2.05, 4.69) is 20.2 Å². The average molecular weight is 359 g/mol. The third kappa shape index (κ3) is 2.48. The van der Waals surface area contributed by atoms with E-state index in [4.69, 9.17) is 0 Å². The van der Waals surface area contributed by atoms with Crippen molar-refractivity contribution in [3.8, 4) is 11.5 Å². The number of nitrogens with zero attached hydrogens (tertiary/aromatic N) is 3. The summed E-state index contributed by atoms with van der Waals surface area (Å²) in [6, 6.07) is 3.74. The fraction of sp³-hybridized carbons (Fsp3) is 0.389. The van der Waals surface area contributed by atoms with Gasteiger partial charge in [-0.15, -0.1) is 0 Å². The molecule has 2 aromatic heterocycles. The molecule has 0 radical (unpaired) electrons. The first-order valence-electron chi connectivity index (χ1n) is 8.43. The molecule has 1 aromatic carbocycles. The minimum atomic E-state index is -2.73. The van der Waals surface area contributed by atoms with Gasteiger partial charge in [0, 0.05) is 29.9 Å². The molecule has 1 atom stereocenters. The second-order valence-corrected chi connectivity index (χ2v) is 7.03. The van der Waals surface area contributed by atoms with Gasteiger partial charge in [-0.3, -0.25) is 9.89 Å². The second-order valence-electron chi connectivity index (χ2n) is 7.03. The molecule has 8 heteroatoms. The Kier molecular flexibility index (Phi) is 3.61. The van der Waals surface area contributed by atoms with E-state index in [0.29, 0.717) is 22.7 Å². The van der Waals surface area contributed by atoms with Crippen LogP contribution in [0.4, 0.5) is 14.5 Å². The van der Waals surface area contributed by atoms with Crippen molar-refractivity contribution in [1.82, 2.24) is 20.2 Å². The van der Waals surface area contributed by atoms with E-state index in [-0.39, 0.29) is 12.8 Å². The number of hydrogen-bond donors (Lipinski definition) is 2. The van der Waals surface area contributed by atoms with E-state index in [1.165, 1.54) is 4.90 Å². The van der Waals surface area contributed by atoms with E-state index in [1.54, 1.807) is 14.0 Å². The molecule has 0 saturated heterocycles. The molecule has 0 spiro atoms. The summed E-state index contributed by atoms with van der Waals surface area (Å²) in [6.45, 7) is 3.47. The third-order valence-corrected chi connectivity index (χ3v) is 5.16. The van der Waals surface area contributed by atoms with Crippen LogP contribution in [0.3, 0.4) is 0 Å². The first-order chi connectivity index (χ1) is 12.3. The standard InChI is InChI=1S/C18H19F2N5O/c1-9-4-12-13(6-15(9)25(3)8-26)22-17(21-12)16-11-5-10(2)18(19,20)7-14(11)23-24-16/h4,6,8,10H,5,7H2,1-3H3,(H,21,22)(H,23,24). The normalized spacial score (nSPS) is 18.7. The molecule has 0 fully saturated rings. The van der Waals surface area contributed by atoms with Crippen LogP contribution in [0.2, 0.25) is 0 Å².